The Labute approximate surface area is 108 Å². The van der Waals surface area contributed by atoms with Gasteiger partial charge in [0.05, 0.1) is 5.52 Å². The minimum Gasteiger partial charge on any atom is -0.241 e. The molecule has 2 aromatic heterocycles. The van der Waals surface area contributed by atoms with E-state index in [0.29, 0.717) is 0 Å². The van der Waals surface area contributed by atoms with Crippen LogP contribution < -0.4 is 0 Å². The lowest BCUT2D eigenvalue weighted by molar-refractivity contribution is 0.563. The minimum absolute atomic E-state index is 0.870. The molecule has 0 radical (unpaired) electrons. The maximum atomic E-state index is 4.74. The molecular weight excluding hydrogens is 244 g/mol. The molecule has 4 nitrogen and oxygen atoms in total. The summed E-state index contributed by atoms with van der Waals surface area (Å²) in [6.07, 6.45) is 2.56. The van der Waals surface area contributed by atoms with Gasteiger partial charge in [-0.2, -0.15) is 5.10 Å². The van der Waals surface area contributed by atoms with Gasteiger partial charge in [-0.15, -0.1) is 0 Å². The van der Waals surface area contributed by atoms with Gasteiger partial charge in [-0.3, -0.25) is 0 Å². The summed E-state index contributed by atoms with van der Waals surface area (Å²) in [7, 11) is 0. The van der Waals surface area contributed by atoms with Gasteiger partial charge in [0, 0.05) is 11.9 Å². The molecule has 3 heterocycles. The van der Waals surface area contributed by atoms with E-state index in [2.05, 4.69) is 22.2 Å². The lowest BCUT2D eigenvalue weighted by atomic mass is 10.1. The van der Waals surface area contributed by atoms with Gasteiger partial charge < -0.3 is 0 Å². The van der Waals surface area contributed by atoms with Gasteiger partial charge in [0.15, 0.2) is 5.16 Å². The van der Waals surface area contributed by atoms with Gasteiger partial charge in [-0.25, -0.2) is 14.6 Å². The number of rotatable bonds is 0. The van der Waals surface area contributed by atoms with Crippen LogP contribution in [0.15, 0.2) is 46.8 Å². The molecule has 0 saturated heterocycles. The topological polar surface area (TPSA) is 43.6 Å². The fourth-order valence-corrected chi connectivity index (χ4v) is 3.16. The third-order valence-corrected chi connectivity index (χ3v) is 4.17. The van der Waals surface area contributed by atoms with E-state index in [1.807, 2.05) is 22.9 Å². The van der Waals surface area contributed by atoms with Crippen molar-refractivity contribution in [3.8, 4) is 0 Å². The van der Waals surface area contributed by atoms with Gasteiger partial charge in [-0.1, -0.05) is 18.2 Å². The molecule has 0 saturated carbocycles. The van der Waals surface area contributed by atoms with Crippen LogP contribution in [0.2, 0.25) is 0 Å². The van der Waals surface area contributed by atoms with Crippen LogP contribution in [0.3, 0.4) is 0 Å². The fraction of sp³-hybridized carbons (Fsp3) is 0.154. The van der Waals surface area contributed by atoms with Crippen molar-refractivity contribution in [1.29, 1.82) is 0 Å². The number of nitrogens with zero attached hydrogens (tertiary/aromatic N) is 4. The Morgan fingerprint density at radius 1 is 1.22 bits per heavy atom. The Hall–Kier alpha value is -1.88. The Balaban J connectivity index is 1.92. The first-order chi connectivity index (χ1) is 8.90. The third kappa shape index (κ3) is 1.51. The van der Waals surface area contributed by atoms with Crippen LogP contribution in [-0.4, -0.2) is 19.7 Å². The van der Waals surface area contributed by atoms with Crippen LogP contribution in [-0.2, 0) is 13.0 Å². The van der Waals surface area contributed by atoms with E-state index in [1.165, 1.54) is 10.9 Å². The van der Waals surface area contributed by atoms with Crippen molar-refractivity contribution < 1.29 is 0 Å². The number of aromatic nitrogens is 4. The van der Waals surface area contributed by atoms with Crippen LogP contribution in [0.5, 0.6) is 0 Å². The van der Waals surface area contributed by atoms with E-state index < -0.39 is 0 Å². The Morgan fingerprint density at radius 2 is 2.17 bits per heavy atom. The molecule has 0 spiro atoms. The summed E-state index contributed by atoms with van der Waals surface area (Å²) in [5.74, 6) is 0. The number of fused-ring (bicyclic) bond motifs is 3. The van der Waals surface area contributed by atoms with E-state index in [1.54, 1.807) is 18.1 Å². The quantitative estimate of drug-likeness (QED) is 0.618. The van der Waals surface area contributed by atoms with Crippen LogP contribution in [0.4, 0.5) is 0 Å². The highest BCUT2D eigenvalue weighted by Crippen LogP contribution is 2.32. The second-order valence-electron chi connectivity index (χ2n) is 4.26. The number of para-hydroxylation sites is 1. The number of aryl methyl sites for hydroxylation is 2. The molecular formula is C13H10N4S. The average molecular weight is 254 g/mol. The van der Waals surface area contributed by atoms with Crippen LogP contribution in [0.1, 0.15) is 5.56 Å². The molecule has 1 aromatic carbocycles. The second kappa shape index (κ2) is 3.81. The van der Waals surface area contributed by atoms with Crippen molar-refractivity contribution in [1.82, 2.24) is 19.7 Å². The van der Waals surface area contributed by atoms with Gasteiger partial charge in [0.25, 0.3) is 0 Å². The van der Waals surface area contributed by atoms with Crippen molar-refractivity contribution in [2.24, 2.45) is 0 Å². The van der Waals surface area contributed by atoms with E-state index in [4.69, 9.17) is 4.98 Å². The first kappa shape index (κ1) is 10.1. The van der Waals surface area contributed by atoms with Crippen LogP contribution in [0, 0.1) is 0 Å². The molecule has 1 aliphatic heterocycles. The molecule has 0 N–H and O–H groups in total. The summed E-state index contributed by atoms with van der Waals surface area (Å²) in [4.78, 5) is 9.01. The Kier molecular flexibility index (Phi) is 2.14. The van der Waals surface area contributed by atoms with Gasteiger partial charge in [0.2, 0.25) is 0 Å². The molecule has 0 fully saturated rings. The lowest BCUT2D eigenvalue weighted by Crippen LogP contribution is -2.02. The highest BCUT2D eigenvalue weighted by molar-refractivity contribution is 7.99. The van der Waals surface area contributed by atoms with Crippen molar-refractivity contribution in [2.45, 2.75) is 23.1 Å². The first-order valence-corrected chi connectivity index (χ1v) is 6.66. The molecule has 1 aliphatic rings. The minimum atomic E-state index is 0.870. The van der Waals surface area contributed by atoms with Crippen molar-refractivity contribution in [3.05, 3.63) is 42.2 Å². The molecule has 5 heteroatoms. The summed E-state index contributed by atoms with van der Waals surface area (Å²) in [5.41, 5.74) is 2.32. The third-order valence-electron chi connectivity index (χ3n) is 3.12. The zero-order valence-electron chi connectivity index (χ0n) is 9.58. The molecule has 0 amide bonds. The highest BCUT2D eigenvalue weighted by Gasteiger charge is 2.17. The van der Waals surface area contributed by atoms with Crippen LogP contribution in [0.25, 0.3) is 10.9 Å². The summed E-state index contributed by atoms with van der Waals surface area (Å²) >= 11 is 1.60. The van der Waals surface area contributed by atoms with E-state index in [9.17, 15) is 0 Å². The van der Waals surface area contributed by atoms with E-state index in [0.717, 1.165) is 28.7 Å². The fourth-order valence-electron chi connectivity index (χ4n) is 2.21. The Morgan fingerprint density at radius 3 is 3.17 bits per heavy atom. The molecule has 0 bridgehead atoms. The van der Waals surface area contributed by atoms with Gasteiger partial charge in [0.1, 0.15) is 11.4 Å². The number of hydrogen-bond donors (Lipinski definition) is 0. The van der Waals surface area contributed by atoms with Crippen molar-refractivity contribution in [3.63, 3.8) is 0 Å². The number of benzene rings is 1. The largest absolute Gasteiger partial charge is 0.241 e. The van der Waals surface area contributed by atoms with Gasteiger partial charge in [-0.05, 0) is 35.9 Å². The zero-order chi connectivity index (χ0) is 11.9. The van der Waals surface area contributed by atoms with E-state index in [-0.39, 0.29) is 0 Å². The zero-order valence-corrected chi connectivity index (χ0v) is 10.4. The summed E-state index contributed by atoms with van der Waals surface area (Å²) in [6.45, 7) is 0.870. The lowest BCUT2D eigenvalue weighted by Gasteiger charge is -2.05. The smallest absolute Gasteiger partial charge is 0.192 e. The van der Waals surface area contributed by atoms with Gasteiger partial charge >= 0.3 is 0 Å². The molecule has 0 unspecified atom stereocenters. The standard InChI is InChI=1S/C13H10N4S/c1-2-4-11-9(3-1)7-10-5-6-17-13(14-8-15-17)18-12(10)16-11/h1-4,7-8H,5-6H2. The molecule has 3 aromatic rings. The molecule has 88 valence electrons. The van der Waals surface area contributed by atoms with E-state index >= 15 is 0 Å². The predicted octanol–water partition coefficient (Wildman–Crippen LogP) is 2.53. The first-order valence-electron chi connectivity index (χ1n) is 5.84. The monoisotopic (exact) mass is 254 g/mol. The van der Waals surface area contributed by atoms with Crippen LogP contribution >= 0.6 is 11.8 Å². The maximum Gasteiger partial charge on any atom is 0.192 e. The van der Waals surface area contributed by atoms with Crippen molar-refractivity contribution in [2.75, 3.05) is 0 Å². The number of pyridine rings is 1. The molecule has 0 atom stereocenters. The molecule has 4 rings (SSSR count). The van der Waals surface area contributed by atoms with Crippen molar-refractivity contribution >= 4 is 22.7 Å². The highest BCUT2D eigenvalue weighted by atomic mass is 32.2. The average Bonchev–Trinajstić information content (AvgIpc) is 2.77. The predicted molar refractivity (Wildman–Crippen MR) is 69.6 cm³/mol. The molecule has 18 heavy (non-hydrogen) atoms. The summed E-state index contributed by atoms with van der Waals surface area (Å²) < 4.78 is 1.94. The summed E-state index contributed by atoms with van der Waals surface area (Å²) in [5, 5.41) is 7.41. The Bertz CT molecular complexity index is 735. The number of hydrogen-bond acceptors (Lipinski definition) is 4. The molecule has 0 aliphatic carbocycles. The maximum absolute atomic E-state index is 4.74. The summed E-state index contributed by atoms with van der Waals surface area (Å²) in [6, 6.07) is 10.5. The second-order valence-corrected chi connectivity index (χ2v) is 5.22. The normalized spacial score (nSPS) is 14.0. The SMILES string of the molecule is c1ccc2nc3c(cc2c1)CCn1ncnc1S3.